The van der Waals surface area contributed by atoms with Crippen LogP contribution >= 0.6 is 22.9 Å². The molecule has 140 valence electrons. The molecule has 0 radical (unpaired) electrons. The Labute approximate surface area is 166 Å². The van der Waals surface area contributed by atoms with Crippen molar-refractivity contribution >= 4 is 38.9 Å². The van der Waals surface area contributed by atoms with Crippen molar-refractivity contribution in [2.45, 2.75) is 25.4 Å². The van der Waals surface area contributed by atoms with E-state index >= 15 is 0 Å². The third-order valence-electron chi connectivity index (χ3n) is 5.18. The predicted octanol–water partition coefficient (Wildman–Crippen LogP) is 5.26. The van der Waals surface area contributed by atoms with Gasteiger partial charge in [0.1, 0.15) is 10.7 Å². The van der Waals surface area contributed by atoms with Crippen LogP contribution in [0.1, 0.15) is 34.6 Å². The van der Waals surface area contributed by atoms with Gasteiger partial charge in [-0.05, 0) is 37.1 Å². The molecule has 3 nitrogen and oxygen atoms in total. The maximum Gasteiger partial charge on any atom is 0.263 e. The SMILES string of the molecule is CC(c1ccccc1)N1CCC(NC(=O)c2sc3cc(F)ccc3c2Cl)C1. The number of nitrogens with zero attached hydrogens (tertiary/aromatic N) is 1. The van der Waals surface area contributed by atoms with Crippen LogP contribution < -0.4 is 5.32 Å². The highest BCUT2D eigenvalue weighted by Gasteiger charge is 2.29. The molecule has 4 rings (SSSR count). The Bertz CT molecular complexity index is 975. The minimum Gasteiger partial charge on any atom is -0.347 e. The zero-order chi connectivity index (χ0) is 19.0. The molecule has 2 atom stereocenters. The number of amides is 1. The Kier molecular flexibility index (Phi) is 5.17. The number of fused-ring (bicyclic) bond motifs is 1. The molecule has 2 unspecified atom stereocenters. The summed E-state index contributed by atoms with van der Waals surface area (Å²) in [5.41, 5.74) is 1.28. The number of hydrogen-bond acceptors (Lipinski definition) is 3. The van der Waals surface area contributed by atoms with Gasteiger partial charge in [0.2, 0.25) is 0 Å². The van der Waals surface area contributed by atoms with Gasteiger partial charge < -0.3 is 5.32 Å². The molecule has 6 heteroatoms. The molecule has 3 aromatic rings. The molecular formula is C21H20ClFN2OS. The molecule has 1 N–H and O–H groups in total. The first-order valence-corrected chi connectivity index (χ1v) is 10.2. The summed E-state index contributed by atoms with van der Waals surface area (Å²) in [5.74, 6) is -0.505. The summed E-state index contributed by atoms with van der Waals surface area (Å²) >= 11 is 7.60. The van der Waals surface area contributed by atoms with E-state index in [1.165, 1.54) is 29.0 Å². The van der Waals surface area contributed by atoms with Gasteiger partial charge in [0.15, 0.2) is 0 Å². The first kappa shape index (κ1) is 18.4. The van der Waals surface area contributed by atoms with E-state index in [0.717, 1.165) is 24.9 Å². The smallest absolute Gasteiger partial charge is 0.263 e. The largest absolute Gasteiger partial charge is 0.347 e. The average Bonchev–Trinajstić information content (AvgIpc) is 3.26. The number of nitrogens with one attached hydrogen (secondary N) is 1. The van der Waals surface area contributed by atoms with Crippen LogP contribution in [0.5, 0.6) is 0 Å². The van der Waals surface area contributed by atoms with Gasteiger partial charge in [-0.25, -0.2) is 4.39 Å². The summed E-state index contributed by atoms with van der Waals surface area (Å²) in [6.45, 7) is 3.93. The van der Waals surface area contributed by atoms with Crippen molar-refractivity contribution in [3.8, 4) is 0 Å². The van der Waals surface area contributed by atoms with Crippen LogP contribution in [0.15, 0.2) is 48.5 Å². The van der Waals surface area contributed by atoms with Crippen LogP contribution in [0, 0.1) is 5.82 Å². The lowest BCUT2D eigenvalue weighted by atomic mass is 10.1. The van der Waals surface area contributed by atoms with E-state index in [4.69, 9.17) is 11.6 Å². The topological polar surface area (TPSA) is 32.3 Å². The Morgan fingerprint density at radius 2 is 2.07 bits per heavy atom. The number of halogens is 2. The summed E-state index contributed by atoms with van der Waals surface area (Å²) < 4.78 is 14.1. The Balaban J connectivity index is 1.44. The van der Waals surface area contributed by atoms with Gasteiger partial charge in [0.25, 0.3) is 5.91 Å². The van der Waals surface area contributed by atoms with Crippen molar-refractivity contribution in [2.75, 3.05) is 13.1 Å². The second-order valence-corrected chi connectivity index (χ2v) is 8.36. The molecule has 1 fully saturated rings. The molecule has 1 saturated heterocycles. The maximum absolute atomic E-state index is 13.4. The molecule has 1 aromatic heterocycles. The second-order valence-electron chi connectivity index (χ2n) is 6.93. The van der Waals surface area contributed by atoms with Crippen molar-refractivity contribution in [3.05, 3.63) is 69.8 Å². The van der Waals surface area contributed by atoms with Crippen molar-refractivity contribution in [1.82, 2.24) is 10.2 Å². The third-order valence-corrected chi connectivity index (χ3v) is 6.84. The number of thiophene rings is 1. The summed E-state index contributed by atoms with van der Waals surface area (Å²) in [5, 5.41) is 4.22. The Morgan fingerprint density at radius 3 is 2.85 bits per heavy atom. The highest BCUT2D eigenvalue weighted by molar-refractivity contribution is 7.21. The van der Waals surface area contributed by atoms with E-state index in [-0.39, 0.29) is 17.8 Å². The summed E-state index contributed by atoms with van der Waals surface area (Å²) in [4.78, 5) is 15.6. The van der Waals surface area contributed by atoms with E-state index in [2.05, 4.69) is 29.3 Å². The molecule has 0 bridgehead atoms. The highest BCUT2D eigenvalue weighted by atomic mass is 35.5. The van der Waals surface area contributed by atoms with E-state index in [1.807, 2.05) is 18.2 Å². The molecule has 1 amide bonds. The molecule has 0 aliphatic carbocycles. The number of likely N-dealkylation sites (tertiary alicyclic amines) is 1. The van der Waals surface area contributed by atoms with Crippen LogP contribution in [0.3, 0.4) is 0 Å². The van der Waals surface area contributed by atoms with Crippen LogP contribution in [0.25, 0.3) is 10.1 Å². The second kappa shape index (κ2) is 7.58. The minimum absolute atomic E-state index is 0.0849. The van der Waals surface area contributed by atoms with Crippen LogP contribution in [-0.2, 0) is 0 Å². The summed E-state index contributed by atoms with van der Waals surface area (Å²) in [6, 6.07) is 15.2. The standard InChI is InChI=1S/C21H20ClFN2OS/c1-13(14-5-3-2-4-6-14)25-10-9-16(12-25)24-21(26)20-19(22)17-8-7-15(23)11-18(17)27-20/h2-8,11,13,16H,9-10,12H2,1H3,(H,24,26). The third kappa shape index (κ3) is 3.72. The fourth-order valence-electron chi connectivity index (χ4n) is 3.64. The predicted molar refractivity (Wildman–Crippen MR) is 109 cm³/mol. The minimum atomic E-state index is -0.325. The maximum atomic E-state index is 13.4. The molecule has 0 saturated carbocycles. The van der Waals surface area contributed by atoms with Crippen LogP contribution in [0.2, 0.25) is 5.02 Å². The van der Waals surface area contributed by atoms with Crippen LogP contribution in [0.4, 0.5) is 4.39 Å². The van der Waals surface area contributed by atoms with Crippen molar-refractivity contribution < 1.29 is 9.18 Å². The summed E-state index contributed by atoms with van der Waals surface area (Å²) in [6.07, 6.45) is 0.903. The average molecular weight is 403 g/mol. The number of benzene rings is 2. The van der Waals surface area contributed by atoms with Crippen molar-refractivity contribution in [1.29, 1.82) is 0 Å². The summed E-state index contributed by atoms with van der Waals surface area (Å²) in [7, 11) is 0. The van der Waals surface area contributed by atoms with Crippen molar-refractivity contribution in [3.63, 3.8) is 0 Å². The zero-order valence-electron chi connectivity index (χ0n) is 14.9. The van der Waals surface area contributed by atoms with E-state index < -0.39 is 0 Å². The Hall–Kier alpha value is -1.95. The number of rotatable bonds is 4. The van der Waals surface area contributed by atoms with E-state index in [1.54, 1.807) is 6.07 Å². The molecule has 1 aliphatic heterocycles. The van der Waals surface area contributed by atoms with Gasteiger partial charge in [-0.15, -0.1) is 11.3 Å². The molecule has 2 aromatic carbocycles. The van der Waals surface area contributed by atoms with E-state index in [9.17, 15) is 9.18 Å². The first-order valence-electron chi connectivity index (χ1n) is 9.00. The lowest BCUT2D eigenvalue weighted by Gasteiger charge is -2.24. The monoisotopic (exact) mass is 402 g/mol. The molecule has 0 spiro atoms. The Morgan fingerprint density at radius 1 is 1.30 bits per heavy atom. The van der Waals surface area contributed by atoms with E-state index in [0.29, 0.717) is 20.6 Å². The van der Waals surface area contributed by atoms with Gasteiger partial charge in [-0.2, -0.15) is 0 Å². The van der Waals surface area contributed by atoms with Crippen LogP contribution in [-0.4, -0.2) is 29.9 Å². The van der Waals surface area contributed by atoms with Gasteiger partial charge in [0, 0.05) is 35.3 Å². The zero-order valence-corrected chi connectivity index (χ0v) is 16.5. The number of hydrogen-bond donors (Lipinski definition) is 1. The number of carbonyl (C=O) groups excluding carboxylic acids is 1. The normalized spacial score (nSPS) is 18.7. The number of carbonyl (C=O) groups is 1. The quantitative estimate of drug-likeness (QED) is 0.645. The molecular weight excluding hydrogens is 383 g/mol. The van der Waals surface area contributed by atoms with Gasteiger partial charge in [-0.3, -0.25) is 9.69 Å². The fourth-order valence-corrected chi connectivity index (χ4v) is 5.08. The lowest BCUT2D eigenvalue weighted by molar-refractivity contribution is 0.0941. The molecule has 27 heavy (non-hydrogen) atoms. The highest BCUT2D eigenvalue weighted by Crippen LogP contribution is 2.36. The lowest BCUT2D eigenvalue weighted by Crippen LogP contribution is -2.37. The van der Waals surface area contributed by atoms with Crippen molar-refractivity contribution in [2.24, 2.45) is 0 Å². The molecule has 2 heterocycles. The van der Waals surface area contributed by atoms with Gasteiger partial charge in [0.05, 0.1) is 5.02 Å². The van der Waals surface area contributed by atoms with Gasteiger partial charge in [-0.1, -0.05) is 41.9 Å². The molecule has 1 aliphatic rings. The first-order chi connectivity index (χ1) is 13.0. The van der Waals surface area contributed by atoms with Gasteiger partial charge >= 0.3 is 0 Å². The fraction of sp³-hybridized carbons (Fsp3) is 0.286.